The summed E-state index contributed by atoms with van der Waals surface area (Å²) in [6, 6.07) is 11.1. The van der Waals surface area contributed by atoms with Crippen molar-refractivity contribution in [3.8, 4) is 5.69 Å². The van der Waals surface area contributed by atoms with E-state index in [1.54, 1.807) is 6.20 Å². The fourth-order valence-corrected chi connectivity index (χ4v) is 2.98. The lowest BCUT2D eigenvalue weighted by atomic mass is 10.1. The molecule has 3 nitrogen and oxygen atoms in total. The van der Waals surface area contributed by atoms with Crippen LogP contribution in [0.1, 0.15) is 29.8 Å². The SMILES string of the molecule is Cc1c(C(C)NCc2cccc(Cl)c2)cnn1-c1ccc(F)cc1F. The van der Waals surface area contributed by atoms with Gasteiger partial charge in [0.25, 0.3) is 0 Å². The summed E-state index contributed by atoms with van der Waals surface area (Å²) in [6.07, 6.45) is 1.70. The summed E-state index contributed by atoms with van der Waals surface area (Å²) < 4.78 is 28.6. The number of benzene rings is 2. The molecule has 0 spiro atoms. The molecule has 0 radical (unpaired) electrons. The smallest absolute Gasteiger partial charge is 0.151 e. The van der Waals surface area contributed by atoms with Gasteiger partial charge in [0, 0.05) is 34.9 Å². The second-order valence-electron chi connectivity index (χ2n) is 5.93. The van der Waals surface area contributed by atoms with Crippen LogP contribution < -0.4 is 5.32 Å². The largest absolute Gasteiger partial charge is 0.306 e. The van der Waals surface area contributed by atoms with Crippen molar-refractivity contribution < 1.29 is 8.78 Å². The number of halogens is 3. The van der Waals surface area contributed by atoms with E-state index >= 15 is 0 Å². The number of hydrogen-bond donors (Lipinski definition) is 1. The van der Waals surface area contributed by atoms with Crippen molar-refractivity contribution >= 4 is 11.6 Å². The Balaban J connectivity index is 1.78. The zero-order valence-electron chi connectivity index (χ0n) is 13.9. The molecule has 1 aromatic heterocycles. The Kier molecular flexibility index (Phi) is 5.16. The molecule has 0 aliphatic carbocycles. The van der Waals surface area contributed by atoms with Gasteiger partial charge in [-0.25, -0.2) is 13.5 Å². The first kappa shape index (κ1) is 17.6. The molecule has 1 unspecified atom stereocenters. The second-order valence-corrected chi connectivity index (χ2v) is 6.36. The highest BCUT2D eigenvalue weighted by Gasteiger charge is 2.16. The van der Waals surface area contributed by atoms with Crippen LogP contribution in [0.5, 0.6) is 0 Å². The molecule has 0 saturated heterocycles. The van der Waals surface area contributed by atoms with E-state index in [1.165, 1.54) is 16.8 Å². The van der Waals surface area contributed by atoms with Crippen LogP contribution in [0, 0.1) is 18.6 Å². The molecule has 130 valence electrons. The molecule has 1 heterocycles. The Bertz CT molecular complexity index is 892. The van der Waals surface area contributed by atoms with E-state index in [2.05, 4.69) is 10.4 Å². The summed E-state index contributed by atoms with van der Waals surface area (Å²) in [5.41, 5.74) is 3.06. The van der Waals surface area contributed by atoms with Crippen molar-refractivity contribution in [2.45, 2.75) is 26.4 Å². The highest BCUT2D eigenvalue weighted by atomic mass is 35.5. The predicted octanol–water partition coefficient (Wildman–Crippen LogP) is 4.96. The summed E-state index contributed by atoms with van der Waals surface area (Å²) in [5.74, 6) is -1.25. The van der Waals surface area contributed by atoms with Gasteiger partial charge in [-0.3, -0.25) is 0 Å². The summed E-state index contributed by atoms with van der Waals surface area (Å²) in [4.78, 5) is 0. The van der Waals surface area contributed by atoms with Gasteiger partial charge in [0.1, 0.15) is 11.5 Å². The third kappa shape index (κ3) is 3.89. The van der Waals surface area contributed by atoms with E-state index in [-0.39, 0.29) is 11.7 Å². The summed E-state index contributed by atoms with van der Waals surface area (Å²) >= 11 is 6.00. The van der Waals surface area contributed by atoms with E-state index in [0.29, 0.717) is 11.6 Å². The lowest BCUT2D eigenvalue weighted by molar-refractivity contribution is 0.566. The van der Waals surface area contributed by atoms with Crippen LogP contribution in [0.15, 0.2) is 48.7 Å². The van der Waals surface area contributed by atoms with Gasteiger partial charge in [-0.05, 0) is 43.7 Å². The maximum atomic E-state index is 14.0. The first-order valence-electron chi connectivity index (χ1n) is 7.93. The lowest BCUT2D eigenvalue weighted by Crippen LogP contribution is -2.18. The third-order valence-corrected chi connectivity index (χ3v) is 4.39. The molecule has 0 amide bonds. The second kappa shape index (κ2) is 7.33. The van der Waals surface area contributed by atoms with Crippen LogP contribution in [0.25, 0.3) is 5.69 Å². The topological polar surface area (TPSA) is 29.9 Å². The first-order valence-corrected chi connectivity index (χ1v) is 8.31. The first-order chi connectivity index (χ1) is 12.0. The normalized spacial score (nSPS) is 12.4. The van der Waals surface area contributed by atoms with E-state index in [0.717, 1.165) is 22.9 Å². The highest BCUT2D eigenvalue weighted by Crippen LogP contribution is 2.22. The molecule has 3 rings (SSSR count). The van der Waals surface area contributed by atoms with Gasteiger partial charge in [-0.2, -0.15) is 5.10 Å². The average molecular weight is 362 g/mol. The zero-order chi connectivity index (χ0) is 18.0. The fraction of sp³-hybridized carbons (Fsp3) is 0.211. The molecule has 0 aliphatic rings. The van der Waals surface area contributed by atoms with E-state index in [9.17, 15) is 8.78 Å². The molecule has 25 heavy (non-hydrogen) atoms. The minimum atomic E-state index is -0.641. The van der Waals surface area contributed by atoms with E-state index in [4.69, 9.17) is 11.6 Å². The molecule has 3 aromatic rings. The molecule has 0 bridgehead atoms. The van der Waals surface area contributed by atoms with Crippen molar-refractivity contribution in [1.29, 1.82) is 0 Å². The highest BCUT2D eigenvalue weighted by molar-refractivity contribution is 6.30. The summed E-state index contributed by atoms with van der Waals surface area (Å²) in [5, 5.41) is 8.36. The van der Waals surface area contributed by atoms with Gasteiger partial charge >= 0.3 is 0 Å². The maximum absolute atomic E-state index is 14.0. The fourth-order valence-electron chi connectivity index (χ4n) is 2.77. The maximum Gasteiger partial charge on any atom is 0.151 e. The molecule has 2 aromatic carbocycles. The van der Waals surface area contributed by atoms with Crippen LogP contribution in [0.2, 0.25) is 5.02 Å². The average Bonchev–Trinajstić information content (AvgIpc) is 2.94. The molecule has 0 fully saturated rings. The Morgan fingerprint density at radius 3 is 2.72 bits per heavy atom. The molecule has 1 atom stereocenters. The number of hydrogen-bond acceptors (Lipinski definition) is 2. The quantitative estimate of drug-likeness (QED) is 0.695. The minimum Gasteiger partial charge on any atom is -0.306 e. The molecular weight excluding hydrogens is 344 g/mol. The summed E-state index contributed by atoms with van der Waals surface area (Å²) in [7, 11) is 0. The van der Waals surface area contributed by atoms with Crippen LogP contribution in [-0.2, 0) is 6.54 Å². The number of nitrogens with zero attached hydrogens (tertiary/aromatic N) is 2. The Morgan fingerprint density at radius 2 is 2.00 bits per heavy atom. The van der Waals surface area contributed by atoms with Gasteiger partial charge in [0.2, 0.25) is 0 Å². The van der Waals surface area contributed by atoms with Crippen molar-refractivity contribution in [3.63, 3.8) is 0 Å². The Labute approximate surface area is 150 Å². The van der Waals surface area contributed by atoms with Gasteiger partial charge in [-0.15, -0.1) is 0 Å². The lowest BCUT2D eigenvalue weighted by Gasteiger charge is -2.14. The van der Waals surface area contributed by atoms with Crippen LogP contribution in [-0.4, -0.2) is 9.78 Å². The van der Waals surface area contributed by atoms with Crippen molar-refractivity contribution in [1.82, 2.24) is 15.1 Å². The monoisotopic (exact) mass is 361 g/mol. The van der Waals surface area contributed by atoms with Crippen LogP contribution >= 0.6 is 11.6 Å². The van der Waals surface area contributed by atoms with Gasteiger partial charge in [0.15, 0.2) is 5.82 Å². The molecular formula is C19H18ClF2N3. The van der Waals surface area contributed by atoms with Crippen molar-refractivity contribution in [3.05, 3.63) is 82.1 Å². The van der Waals surface area contributed by atoms with Gasteiger partial charge < -0.3 is 5.32 Å². The van der Waals surface area contributed by atoms with E-state index < -0.39 is 11.6 Å². The molecule has 0 aliphatic heterocycles. The Morgan fingerprint density at radius 1 is 1.20 bits per heavy atom. The van der Waals surface area contributed by atoms with Gasteiger partial charge in [0.05, 0.1) is 6.20 Å². The Hall–Kier alpha value is -2.24. The molecule has 0 saturated carbocycles. The third-order valence-electron chi connectivity index (χ3n) is 4.15. The van der Waals surface area contributed by atoms with Crippen molar-refractivity contribution in [2.24, 2.45) is 0 Å². The van der Waals surface area contributed by atoms with Crippen molar-refractivity contribution in [2.75, 3.05) is 0 Å². The number of nitrogens with one attached hydrogen (secondary N) is 1. The summed E-state index contributed by atoms with van der Waals surface area (Å²) in [6.45, 7) is 4.53. The standard InChI is InChI=1S/C19H18ClF2N3/c1-12(23-10-14-4-3-5-15(20)8-14)17-11-24-25(13(17)2)19-7-6-16(21)9-18(19)22/h3-9,11-12,23H,10H2,1-2H3. The zero-order valence-corrected chi connectivity index (χ0v) is 14.7. The number of rotatable bonds is 5. The molecule has 1 N–H and O–H groups in total. The minimum absolute atomic E-state index is 0.0104. The van der Waals surface area contributed by atoms with E-state index in [1.807, 2.05) is 38.1 Å². The van der Waals surface area contributed by atoms with Crippen LogP contribution in [0.3, 0.4) is 0 Å². The van der Waals surface area contributed by atoms with Gasteiger partial charge in [-0.1, -0.05) is 23.7 Å². The number of aromatic nitrogens is 2. The molecule has 6 heteroatoms. The van der Waals surface area contributed by atoms with Crippen LogP contribution in [0.4, 0.5) is 8.78 Å². The predicted molar refractivity (Wildman–Crippen MR) is 94.9 cm³/mol.